The van der Waals surface area contributed by atoms with Crippen molar-refractivity contribution in [2.24, 2.45) is 0 Å². The molecular weight excluding hydrogens is 283 g/mol. The van der Waals surface area contributed by atoms with Crippen LogP contribution in [-0.2, 0) is 4.74 Å². The fourth-order valence-electron chi connectivity index (χ4n) is 2.79. The molecule has 0 amide bonds. The van der Waals surface area contributed by atoms with Crippen molar-refractivity contribution in [3.8, 4) is 16.9 Å². The first-order valence-electron chi connectivity index (χ1n) is 7.15. The second-order valence-electron chi connectivity index (χ2n) is 5.36. The molecule has 0 N–H and O–H groups in total. The van der Waals surface area contributed by atoms with Crippen LogP contribution in [0.15, 0.2) is 42.7 Å². The number of aromatic nitrogens is 2. The molecule has 3 aromatic rings. The fourth-order valence-corrected chi connectivity index (χ4v) is 2.79. The summed E-state index contributed by atoms with van der Waals surface area (Å²) in [6, 6.07) is 10.8. The predicted octanol–water partition coefficient (Wildman–Crippen LogP) is 3.42. The molecule has 1 fully saturated rings. The minimum atomic E-state index is -0.271. The molecule has 0 radical (unpaired) electrons. The predicted molar refractivity (Wildman–Crippen MR) is 81.5 cm³/mol. The van der Waals surface area contributed by atoms with Gasteiger partial charge in [-0.2, -0.15) is 0 Å². The van der Waals surface area contributed by atoms with Gasteiger partial charge in [0.05, 0.1) is 43.7 Å². The van der Waals surface area contributed by atoms with Crippen LogP contribution in [0, 0.1) is 5.82 Å². The standard InChI is InChI=1S/C17H15FN2O2/c1-21-17-7-16-15(19-10-20(16)11-8-22-9-11)6-13(17)12-4-2-3-5-14(12)18/h2-7,10-11H,8-9H2,1H3. The summed E-state index contributed by atoms with van der Waals surface area (Å²) in [5.41, 5.74) is 3.03. The molecule has 2 heterocycles. The summed E-state index contributed by atoms with van der Waals surface area (Å²) in [4.78, 5) is 4.44. The first-order chi connectivity index (χ1) is 10.8. The molecule has 5 heteroatoms. The van der Waals surface area contributed by atoms with E-state index in [9.17, 15) is 4.39 Å². The van der Waals surface area contributed by atoms with E-state index in [2.05, 4.69) is 9.55 Å². The Bertz CT molecular complexity index is 840. The summed E-state index contributed by atoms with van der Waals surface area (Å²) in [7, 11) is 1.60. The number of hydrogen-bond donors (Lipinski definition) is 0. The van der Waals surface area contributed by atoms with Gasteiger partial charge in [-0.15, -0.1) is 0 Å². The SMILES string of the molecule is COc1cc2c(cc1-c1ccccc1F)ncn2C1COC1. The van der Waals surface area contributed by atoms with Crippen LogP contribution in [-0.4, -0.2) is 29.9 Å². The van der Waals surface area contributed by atoms with E-state index >= 15 is 0 Å². The van der Waals surface area contributed by atoms with Crippen molar-refractivity contribution >= 4 is 11.0 Å². The van der Waals surface area contributed by atoms with Crippen LogP contribution < -0.4 is 4.74 Å². The summed E-state index contributed by atoms with van der Waals surface area (Å²) >= 11 is 0. The third kappa shape index (κ3) is 1.97. The maximum atomic E-state index is 14.1. The van der Waals surface area contributed by atoms with Gasteiger partial charge in [0, 0.05) is 17.2 Å². The van der Waals surface area contributed by atoms with Gasteiger partial charge >= 0.3 is 0 Å². The van der Waals surface area contributed by atoms with Crippen molar-refractivity contribution in [2.45, 2.75) is 6.04 Å². The van der Waals surface area contributed by atoms with Crippen LogP contribution in [0.1, 0.15) is 6.04 Å². The summed E-state index contributed by atoms with van der Waals surface area (Å²) < 4.78 is 26.9. The van der Waals surface area contributed by atoms with Crippen molar-refractivity contribution < 1.29 is 13.9 Å². The van der Waals surface area contributed by atoms with Crippen molar-refractivity contribution in [2.75, 3.05) is 20.3 Å². The van der Waals surface area contributed by atoms with Crippen molar-refractivity contribution in [1.29, 1.82) is 0 Å². The zero-order valence-electron chi connectivity index (χ0n) is 12.1. The highest BCUT2D eigenvalue weighted by Gasteiger charge is 2.23. The summed E-state index contributed by atoms with van der Waals surface area (Å²) in [5, 5.41) is 0. The van der Waals surface area contributed by atoms with Crippen LogP contribution in [0.4, 0.5) is 4.39 Å². The van der Waals surface area contributed by atoms with Crippen LogP contribution in [0.5, 0.6) is 5.75 Å². The lowest BCUT2D eigenvalue weighted by Crippen LogP contribution is -2.30. The summed E-state index contributed by atoms with van der Waals surface area (Å²) in [6.07, 6.45) is 1.81. The molecule has 0 aliphatic carbocycles. The normalized spacial score (nSPS) is 15.0. The van der Waals surface area contributed by atoms with Gasteiger partial charge in [0.2, 0.25) is 0 Å². The van der Waals surface area contributed by atoms with Crippen LogP contribution in [0.3, 0.4) is 0 Å². The number of hydrogen-bond acceptors (Lipinski definition) is 3. The van der Waals surface area contributed by atoms with Crippen LogP contribution in [0.25, 0.3) is 22.2 Å². The lowest BCUT2D eigenvalue weighted by Gasteiger charge is -2.27. The second-order valence-corrected chi connectivity index (χ2v) is 5.36. The van der Waals surface area contributed by atoms with E-state index in [1.165, 1.54) is 6.07 Å². The molecule has 4 nitrogen and oxygen atoms in total. The number of fused-ring (bicyclic) bond motifs is 1. The Kier molecular flexibility index (Phi) is 3.08. The molecule has 0 unspecified atom stereocenters. The molecule has 1 aliphatic rings. The number of halogens is 1. The zero-order valence-corrected chi connectivity index (χ0v) is 12.1. The van der Waals surface area contributed by atoms with Crippen molar-refractivity contribution in [1.82, 2.24) is 9.55 Å². The zero-order chi connectivity index (χ0) is 15.1. The molecule has 22 heavy (non-hydrogen) atoms. The molecule has 0 atom stereocenters. The lowest BCUT2D eigenvalue weighted by molar-refractivity contribution is -0.0216. The number of benzene rings is 2. The van der Waals surface area contributed by atoms with Crippen LogP contribution >= 0.6 is 0 Å². The minimum absolute atomic E-state index is 0.271. The van der Waals surface area contributed by atoms with Crippen molar-refractivity contribution in [3.63, 3.8) is 0 Å². The summed E-state index contributed by atoms with van der Waals surface area (Å²) in [5.74, 6) is 0.367. The maximum Gasteiger partial charge on any atom is 0.131 e. The first-order valence-corrected chi connectivity index (χ1v) is 7.15. The van der Waals surface area contributed by atoms with E-state index in [1.54, 1.807) is 19.2 Å². The largest absolute Gasteiger partial charge is 0.496 e. The van der Waals surface area contributed by atoms with E-state index in [1.807, 2.05) is 24.5 Å². The number of ether oxygens (including phenoxy) is 2. The van der Waals surface area contributed by atoms with E-state index in [0.717, 1.165) is 11.0 Å². The molecule has 0 saturated carbocycles. The molecule has 1 saturated heterocycles. The van der Waals surface area contributed by atoms with Gasteiger partial charge in [-0.05, 0) is 12.1 Å². The highest BCUT2D eigenvalue weighted by Crippen LogP contribution is 2.36. The number of nitrogens with zero attached hydrogens (tertiary/aromatic N) is 2. The van der Waals surface area contributed by atoms with E-state index in [4.69, 9.17) is 9.47 Å². The Labute approximate surface area is 127 Å². The minimum Gasteiger partial charge on any atom is -0.496 e. The number of rotatable bonds is 3. The van der Waals surface area contributed by atoms with E-state index in [-0.39, 0.29) is 5.82 Å². The molecule has 1 aliphatic heterocycles. The average Bonchev–Trinajstić information content (AvgIpc) is 2.88. The Morgan fingerprint density at radius 2 is 2.05 bits per heavy atom. The first kappa shape index (κ1) is 13.3. The number of methoxy groups -OCH3 is 1. The Hall–Kier alpha value is -2.40. The van der Waals surface area contributed by atoms with Gasteiger partial charge in [0.25, 0.3) is 0 Å². The highest BCUT2D eigenvalue weighted by atomic mass is 19.1. The smallest absolute Gasteiger partial charge is 0.131 e. The molecule has 1 aromatic heterocycles. The quantitative estimate of drug-likeness (QED) is 0.743. The molecule has 4 rings (SSSR count). The molecule has 0 bridgehead atoms. The summed E-state index contributed by atoms with van der Waals surface area (Å²) in [6.45, 7) is 1.39. The van der Waals surface area contributed by atoms with Gasteiger partial charge < -0.3 is 14.0 Å². The fraction of sp³-hybridized carbons (Fsp3) is 0.235. The topological polar surface area (TPSA) is 36.3 Å². The van der Waals surface area contributed by atoms with Gasteiger partial charge in [0.15, 0.2) is 0 Å². The second kappa shape index (κ2) is 5.10. The van der Waals surface area contributed by atoms with E-state index < -0.39 is 0 Å². The van der Waals surface area contributed by atoms with Gasteiger partial charge in [0.1, 0.15) is 11.6 Å². The number of imidazole rings is 1. The Balaban J connectivity index is 1.91. The third-order valence-corrected chi connectivity index (χ3v) is 4.07. The lowest BCUT2D eigenvalue weighted by atomic mass is 10.0. The van der Waals surface area contributed by atoms with Crippen LogP contribution in [0.2, 0.25) is 0 Å². The van der Waals surface area contributed by atoms with Crippen molar-refractivity contribution in [3.05, 3.63) is 48.5 Å². The molecule has 112 valence electrons. The van der Waals surface area contributed by atoms with Gasteiger partial charge in [-0.1, -0.05) is 18.2 Å². The Morgan fingerprint density at radius 3 is 2.73 bits per heavy atom. The van der Waals surface area contributed by atoms with Gasteiger partial charge in [-0.25, -0.2) is 9.37 Å². The van der Waals surface area contributed by atoms with E-state index in [0.29, 0.717) is 36.1 Å². The monoisotopic (exact) mass is 298 g/mol. The average molecular weight is 298 g/mol. The third-order valence-electron chi connectivity index (χ3n) is 4.07. The molecule has 2 aromatic carbocycles. The maximum absolute atomic E-state index is 14.1. The molecular formula is C17H15FN2O2. The molecule has 0 spiro atoms. The Morgan fingerprint density at radius 1 is 1.23 bits per heavy atom. The van der Waals surface area contributed by atoms with Gasteiger partial charge in [-0.3, -0.25) is 0 Å². The highest BCUT2D eigenvalue weighted by molar-refractivity contribution is 5.86.